The third-order valence-electron chi connectivity index (χ3n) is 3.84. The summed E-state index contributed by atoms with van der Waals surface area (Å²) in [6.45, 7) is 7.18. The summed E-state index contributed by atoms with van der Waals surface area (Å²) in [5, 5.41) is 4.03. The number of aromatic nitrogens is 5. The summed E-state index contributed by atoms with van der Waals surface area (Å²) in [4.78, 5) is 15.7. The summed E-state index contributed by atoms with van der Waals surface area (Å²) >= 11 is 0. The Kier molecular flexibility index (Phi) is 3.81. The molecule has 0 aromatic carbocycles. The second-order valence-electron chi connectivity index (χ2n) is 5.53. The second kappa shape index (κ2) is 6.17. The van der Waals surface area contributed by atoms with E-state index in [9.17, 15) is 13.2 Å². The minimum Gasteiger partial charge on any atom is -0.254 e. The van der Waals surface area contributed by atoms with Crippen LogP contribution in [0.15, 0.2) is 55.0 Å². The molecule has 6 nitrogen and oxygen atoms in total. The van der Waals surface area contributed by atoms with Gasteiger partial charge in [0.25, 0.3) is 0 Å². The van der Waals surface area contributed by atoms with Gasteiger partial charge in [-0.2, -0.15) is 18.3 Å². The van der Waals surface area contributed by atoms with Crippen LogP contribution in [0.2, 0.25) is 0 Å². The number of nitrogens with zero attached hydrogens (tertiary/aromatic N) is 6. The summed E-state index contributed by atoms with van der Waals surface area (Å²) in [5.41, 5.74) is 0.949. The topological polar surface area (TPSA) is 60.3 Å². The number of halogens is 3. The van der Waals surface area contributed by atoms with Crippen molar-refractivity contribution in [2.45, 2.75) is 6.18 Å². The quantitative estimate of drug-likeness (QED) is 0.493. The third-order valence-corrected chi connectivity index (χ3v) is 3.84. The maximum Gasteiger partial charge on any atom is 0.433 e. The van der Waals surface area contributed by atoms with Crippen LogP contribution in [-0.2, 0) is 6.18 Å². The predicted molar refractivity (Wildman–Crippen MR) is 90.7 cm³/mol. The van der Waals surface area contributed by atoms with Crippen LogP contribution in [0.5, 0.6) is 0 Å². The van der Waals surface area contributed by atoms with Crippen LogP contribution in [0.4, 0.5) is 18.9 Å². The zero-order chi connectivity index (χ0) is 19.0. The van der Waals surface area contributed by atoms with Gasteiger partial charge in [-0.1, -0.05) is 6.07 Å². The van der Waals surface area contributed by atoms with Gasteiger partial charge in [-0.05, 0) is 30.3 Å². The van der Waals surface area contributed by atoms with E-state index in [1.807, 2.05) is 0 Å². The fraction of sp³-hybridized carbons (Fsp3) is 0.0556. The molecule has 0 saturated carbocycles. The SMILES string of the molecule is [C-]#[N+]c1cnn2ccc(-c3cccnc3-c3cccc(C(F)(F)F)n3)nc12. The Labute approximate surface area is 150 Å². The third kappa shape index (κ3) is 2.97. The Morgan fingerprint density at radius 3 is 2.63 bits per heavy atom. The molecule has 4 aromatic heterocycles. The van der Waals surface area contributed by atoms with Crippen LogP contribution in [0.1, 0.15) is 5.69 Å². The number of rotatable bonds is 2. The molecule has 0 bridgehead atoms. The van der Waals surface area contributed by atoms with Gasteiger partial charge in [-0.15, -0.1) is 0 Å². The molecule has 0 aliphatic rings. The molecule has 0 amide bonds. The molecular weight excluding hydrogens is 357 g/mol. The van der Waals surface area contributed by atoms with E-state index in [2.05, 4.69) is 24.9 Å². The predicted octanol–water partition coefficient (Wildman–Crippen LogP) is 4.42. The fourth-order valence-corrected chi connectivity index (χ4v) is 2.63. The van der Waals surface area contributed by atoms with Crippen molar-refractivity contribution >= 4 is 11.3 Å². The van der Waals surface area contributed by atoms with Crippen molar-refractivity contribution in [1.82, 2.24) is 24.6 Å². The Balaban J connectivity index is 1.89. The van der Waals surface area contributed by atoms with Crippen LogP contribution in [0, 0.1) is 6.57 Å². The van der Waals surface area contributed by atoms with E-state index in [-0.39, 0.29) is 17.1 Å². The van der Waals surface area contributed by atoms with Crippen molar-refractivity contribution in [3.05, 3.63) is 72.1 Å². The highest BCUT2D eigenvalue weighted by atomic mass is 19.4. The van der Waals surface area contributed by atoms with E-state index < -0.39 is 11.9 Å². The fourth-order valence-electron chi connectivity index (χ4n) is 2.63. The Morgan fingerprint density at radius 2 is 1.85 bits per heavy atom. The van der Waals surface area contributed by atoms with E-state index in [4.69, 9.17) is 6.57 Å². The maximum absolute atomic E-state index is 13.0. The lowest BCUT2D eigenvalue weighted by atomic mass is 10.1. The van der Waals surface area contributed by atoms with Crippen LogP contribution in [0.25, 0.3) is 33.1 Å². The molecule has 4 heterocycles. The lowest BCUT2D eigenvalue weighted by Gasteiger charge is -2.10. The van der Waals surface area contributed by atoms with Crippen molar-refractivity contribution in [2.24, 2.45) is 0 Å². The van der Waals surface area contributed by atoms with Crippen molar-refractivity contribution in [1.29, 1.82) is 0 Å². The first-order valence-electron chi connectivity index (χ1n) is 7.69. The summed E-state index contributed by atoms with van der Waals surface area (Å²) in [6.07, 6.45) is -0.0484. The second-order valence-corrected chi connectivity index (χ2v) is 5.53. The van der Waals surface area contributed by atoms with Gasteiger partial charge >= 0.3 is 6.18 Å². The summed E-state index contributed by atoms with van der Waals surface area (Å²) < 4.78 is 40.4. The Morgan fingerprint density at radius 1 is 1.00 bits per heavy atom. The minimum atomic E-state index is -4.55. The molecule has 9 heteroatoms. The van der Waals surface area contributed by atoms with E-state index >= 15 is 0 Å². The van der Waals surface area contributed by atoms with E-state index in [1.165, 1.54) is 29.0 Å². The molecule has 4 rings (SSSR count). The molecule has 4 aromatic rings. The van der Waals surface area contributed by atoms with Gasteiger partial charge in [-0.3, -0.25) is 4.98 Å². The highest BCUT2D eigenvalue weighted by Gasteiger charge is 2.32. The smallest absolute Gasteiger partial charge is 0.254 e. The molecular formula is C18H9F3N6. The monoisotopic (exact) mass is 366 g/mol. The number of pyridine rings is 2. The Bertz CT molecular complexity index is 1190. The highest BCUT2D eigenvalue weighted by molar-refractivity contribution is 5.79. The number of hydrogen-bond donors (Lipinski definition) is 0. The lowest BCUT2D eigenvalue weighted by Crippen LogP contribution is -2.08. The lowest BCUT2D eigenvalue weighted by molar-refractivity contribution is -0.141. The van der Waals surface area contributed by atoms with Gasteiger partial charge in [0.15, 0.2) is 5.65 Å². The first-order chi connectivity index (χ1) is 13.0. The molecule has 0 saturated heterocycles. The van der Waals surface area contributed by atoms with Gasteiger partial charge in [0.1, 0.15) is 5.69 Å². The molecule has 0 aliphatic carbocycles. The first kappa shape index (κ1) is 16.7. The average Bonchev–Trinajstić information content (AvgIpc) is 3.10. The van der Waals surface area contributed by atoms with Crippen molar-refractivity contribution in [2.75, 3.05) is 0 Å². The van der Waals surface area contributed by atoms with Gasteiger partial charge < -0.3 is 0 Å². The summed E-state index contributed by atoms with van der Waals surface area (Å²) in [6, 6.07) is 8.66. The molecule has 132 valence electrons. The number of hydrogen-bond acceptors (Lipinski definition) is 4. The van der Waals surface area contributed by atoms with Gasteiger partial charge in [0, 0.05) is 18.0 Å². The molecule has 0 N–H and O–H groups in total. The molecule has 0 unspecified atom stereocenters. The molecule has 0 atom stereocenters. The van der Waals surface area contributed by atoms with Gasteiger partial charge in [0.2, 0.25) is 5.69 Å². The molecule has 0 spiro atoms. The zero-order valence-electron chi connectivity index (χ0n) is 13.5. The Hall–Kier alpha value is -3.80. The summed E-state index contributed by atoms with van der Waals surface area (Å²) in [5.74, 6) is 0. The van der Waals surface area contributed by atoms with Crippen molar-refractivity contribution in [3.8, 4) is 22.6 Å². The van der Waals surface area contributed by atoms with E-state index in [0.717, 1.165) is 6.07 Å². The van der Waals surface area contributed by atoms with Crippen LogP contribution in [0.3, 0.4) is 0 Å². The van der Waals surface area contributed by atoms with Crippen LogP contribution < -0.4 is 0 Å². The number of alkyl halides is 3. The summed E-state index contributed by atoms with van der Waals surface area (Å²) in [7, 11) is 0. The standard InChI is InChI=1S/C18H9F3N6/c1-22-14-10-24-27-9-7-12(26-17(14)27)11-4-3-8-23-16(11)13-5-2-6-15(25-13)18(19,20)21/h2-10H. The van der Waals surface area contributed by atoms with E-state index in [0.29, 0.717) is 16.9 Å². The number of fused-ring (bicyclic) bond motifs is 1. The van der Waals surface area contributed by atoms with Crippen molar-refractivity contribution < 1.29 is 13.2 Å². The van der Waals surface area contributed by atoms with Gasteiger partial charge in [0.05, 0.1) is 29.9 Å². The largest absolute Gasteiger partial charge is 0.433 e. The average molecular weight is 366 g/mol. The normalized spacial score (nSPS) is 11.5. The first-order valence-corrected chi connectivity index (χ1v) is 7.69. The van der Waals surface area contributed by atoms with E-state index in [1.54, 1.807) is 24.4 Å². The molecule has 0 aliphatic heterocycles. The van der Waals surface area contributed by atoms with Crippen molar-refractivity contribution in [3.63, 3.8) is 0 Å². The zero-order valence-corrected chi connectivity index (χ0v) is 13.5. The van der Waals surface area contributed by atoms with Crippen LogP contribution >= 0.6 is 0 Å². The van der Waals surface area contributed by atoms with Crippen LogP contribution in [-0.4, -0.2) is 24.6 Å². The maximum atomic E-state index is 13.0. The minimum absolute atomic E-state index is 0.0843. The molecule has 27 heavy (non-hydrogen) atoms. The van der Waals surface area contributed by atoms with Gasteiger partial charge in [-0.25, -0.2) is 19.3 Å². The molecule has 0 fully saturated rings. The molecule has 0 radical (unpaired) electrons. The highest BCUT2D eigenvalue weighted by Crippen LogP contribution is 2.32.